The van der Waals surface area contributed by atoms with Crippen molar-refractivity contribution in [1.29, 1.82) is 0 Å². The third-order valence-electron chi connectivity index (χ3n) is 5.93. The van der Waals surface area contributed by atoms with Crippen LogP contribution < -0.4 is 5.32 Å². The highest BCUT2D eigenvalue weighted by molar-refractivity contribution is 8.22. The van der Waals surface area contributed by atoms with Crippen LogP contribution in [0.25, 0.3) is 0 Å². The van der Waals surface area contributed by atoms with Crippen molar-refractivity contribution in [3.8, 4) is 0 Å². The molecule has 4 atom stereocenters. The van der Waals surface area contributed by atoms with Crippen LogP contribution in [0.2, 0.25) is 18.1 Å². The molecule has 6 heteroatoms. The Balaban J connectivity index is 1.96. The topological polar surface area (TPSA) is 38.3 Å². The van der Waals surface area contributed by atoms with Gasteiger partial charge in [0, 0.05) is 11.7 Å². The smallest absolute Gasteiger partial charge is 0.228 e. The molecule has 1 aliphatic heterocycles. The summed E-state index contributed by atoms with van der Waals surface area (Å²) >= 11 is 7.37. The quantitative estimate of drug-likeness (QED) is 0.362. The van der Waals surface area contributed by atoms with Gasteiger partial charge in [0.25, 0.3) is 0 Å². The molecular weight excluding hydrogens is 390 g/mol. The zero-order valence-electron chi connectivity index (χ0n) is 17.5. The third-order valence-corrected chi connectivity index (χ3v) is 12.4. The van der Waals surface area contributed by atoms with Crippen LogP contribution in [0.15, 0.2) is 30.3 Å². The first-order valence-corrected chi connectivity index (χ1v) is 13.9. The van der Waals surface area contributed by atoms with Crippen LogP contribution >= 0.6 is 24.0 Å². The Hall–Kier alpha value is -0.693. The van der Waals surface area contributed by atoms with Crippen LogP contribution in [0.4, 0.5) is 0 Å². The van der Waals surface area contributed by atoms with Crippen LogP contribution in [0.1, 0.15) is 40.2 Å². The summed E-state index contributed by atoms with van der Waals surface area (Å²) in [5, 5.41) is 3.20. The number of hydrogen-bond acceptors (Lipinski definition) is 4. The highest BCUT2D eigenvalue weighted by atomic mass is 32.2. The predicted octanol–water partition coefficient (Wildman–Crippen LogP) is 5.41. The number of carbonyl (C=O) groups is 1. The highest BCUT2D eigenvalue weighted by Crippen LogP contribution is 2.40. The summed E-state index contributed by atoms with van der Waals surface area (Å²) in [7, 11) is -1.91. The van der Waals surface area contributed by atoms with Gasteiger partial charge in [-0.25, -0.2) is 0 Å². The fraction of sp³-hybridized carbons (Fsp3) is 0.619. The van der Waals surface area contributed by atoms with Gasteiger partial charge in [-0.2, -0.15) is 0 Å². The number of thiocarbonyl (C=S) groups is 1. The molecule has 1 N–H and O–H groups in total. The SMILES string of the molecule is C[C@@H](O[Si](C)(C)C(C)(C)C)[C@H]1C(=O)N[C@@H]1[C@@H](C)C(=S)SCc1ccccc1. The number of hydrogen-bond donors (Lipinski definition) is 1. The van der Waals surface area contributed by atoms with Gasteiger partial charge in [0.1, 0.15) is 0 Å². The van der Waals surface area contributed by atoms with E-state index in [4.69, 9.17) is 16.6 Å². The van der Waals surface area contributed by atoms with E-state index >= 15 is 0 Å². The lowest BCUT2D eigenvalue weighted by Crippen LogP contribution is -2.66. The number of amides is 1. The zero-order chi connectivity index (χ0) is 20.4. The van der Waals surface area contributed by atoms with E-state index in [0.717, 1.165) is 9.95 Å². The molecule has 27 heavy (non-hydrogen) atoms. The van der Waals surface area contributed by atoms with Crippen molar-refractivity contribution in [2.75, 3.05) is 0 Å². The molecule has 0 aromatic heterocycles. The molecular formula is C21H33NO2S2Si. The van der Waals surface area contributed by atoms with E-state index in [2.05, 4.69) is 58.2 Å². The molecule has 1 aromatic rings. The molecule has 150 valence electrons. The summed E-state index contributed by atoms with van der Waals surface area (Å²) in [5.74, 6) is 0.978. The average Bonchev–Trinajstić information content (AvgIpc) is 2.56. The Morgan fingerprint density at radius 2 is 1.85 bits per heavy atom. The molecule has 2 rings (SSSR count). The lowest BCUT2D eigenvalue weighted by atomic mass is 9.79. The molecule has 1 heterocycles. The fourth-order valence-electron chi connectivity index (χ4n) is 3.08. The maximum absolute atomic E-state index is 12.3. The number of carbonyl (C=O) groups excluding carboxylic acids is 1. The summed E-state index contributed by atoms with van der Waals surface area (Å²) in [4.78, 5) is 12.3. The molecule has 0 unspecified atom stereocenters. The monoisotopic (exact) mass is 423 g/mol. The Kier molecular flexibility index (Phi) is 7.33. The molecule has 1 amide bonds. The number of rotatable bonds is 7. The molecule has 0 saturated carbocycles. The first kappa shape index (κ1) is 22.6. The van der Waals surface area contributed by atoms with Gasteiger partial charge in [0.2, 0.25) is 5.91 Å². The zero-order valence-corrected chi connectivity index (χ0v) is 20.2. The second-order valence-corrected chi connectivity index (χ2v) is 15.5. The van der Waals surface area contributed by atoms with Gasteiger partial charge in [-0.15, -0.1) is 11.8 Å². The summed E-state index contributed by atoms with van der Waals surface area (Å²) in [6.07, 6.45) is -0.0889. The summed E-state index contributed by atoms with van der Waals surface area (Å²) in [5.41, 5.74) is 1.26. The molecule has 1 aromatic carbocycles. The van der Waals surface area contributed by atoms with E-state index in [0.29, 0.717) is 0 Å². The van der Waals surface area contributed by atoms with Crippen molar-refractivity contribution in [3.05, 3.63) is 35.9 Å². The Morgan fingerprint density at radius 3 is 2.37 bits per heavy atom. The largest absolute Gasteiger partial charge is 0.413 e. The molecule has 3 nitrogen and oxygen atoms in total. The van der Waals surface area contributed by atoms with Crippen LogP contribution in [-0.4, -0.2) is 30.6 Å². The third kappa shape index (κ3) is 5.43. The van der Waals surface area contributed by atoms with Gasteiger partial charge in [0.15, 0.2) is 8.32 Å². The van der Waals surface area contributed by atoms with Crippen LogP contribution in [0.5, 0.6) is 0 Å². The van der Waals surface area contributed by atoms with E-state index < -0.39 is 8.32 Å². The van der Waals surface area contributed by atoms with Crippen LogP contribution in [0, 0.1) is 11.8 Å². The normalized spacial score (nSPS) is 22.6. The second kappa shape index (κ2) is 8.76. The highest BCUT2D eigenvalue weighted by Gasteiger charge is 2.49. The maximum atomic E-state index is 12.3. The molecule has 0 radical (unpaired) electrons. The average molecular weight is 424 g/mol. The van der Waals surface area contributed by atoms with Crippen LogP contribution in [0.3, 0.4) is 0 Å². The Labute approximate surface area is 175 Å². The van der Waals surface area contributed by atoms with Gasteiger partial charge in [0.05, 0.1) is 22.3 Å². The fourth-order valence-corrected chi connectivity index (χ4v) is 5.74. The van der Waals surface area contributed by atoms with Crippen molar-refractivity contribution in [1.82, 2.24) is 5.32 Å². The molecule has 0 spiro atoms. The molecule has 1 saturated heterocycles. The van der Waals surface area contributed by atoms with Gasteiger partial charge in [-0.1, -0.05) is 70.2 Å². The number of thioether (sulfide) groups is 1. The Morgan fingerprint density at radius 1 is 1.26 bits per heavy atom. The molecule has 1 aliphatic rings. The lowest BCUT2D eigenvalue weighted by molar-refractivity contribution is -0.140. The van der Waals surface area contributed by atoms with Gasteiger partial charge >= 0.3 is 0 Å². The van der Waals surface area contributed by atoms with E-state index in [9.17, 15) is 4.79 Å². The standard InChI is InChI=1S/C21H33NO2S2Si/c1-14(20(25)26-13-16-11-9-8-10-12-16)18-17(19(23)22-18)15(2)24-27(6,7)21(3,4)5/h8-12,14-15,17-18H,13H2,1-7H3,(H,22,23)/t14-,15-,17-,18-/m1/s1. The van der Waals surface area contributed by atoms with Crippen molar-refractivity contribution in [3.63, 3.8) is 0 Å². The lowest BCUT2D eigenvalue weighted by Gasteiger charge is -2.47. The molecule has 0 bridgehead atoms. The molecule has 0 aliphatic carbocycles. The first-order chi connectivity index (χ1) is 12.4. The van der Waals surface area contributed by atoms with Gasteiger partial charge in [-0.05, 0) is 30.6 Å². The summed E-state index contributed by atoms with van der Waals surface area (Å²) in [6.45, 7) is 15.3. The second-order valence-electron chi connectivity index (χ2n) is 9.03. The predicted molar refractivity (Wildman–Crippen MR) is 123 cm³/mol. The number of β-lactam (4-membered cyclic amide) rings is 1. The summed E-state index contributed by atoms with van der Waals surface area (Å²) in [6, 6.07) is 10.4. The van der Waals surface area contributed by atoms with Crippen LogP contribution in [-0.2, 0) is 15.0 Å². The van der Waals surface area contributed by atoms with Crippen molar-refractivity contribution >= 4 is 42.4 Å². The van der Waals surface area contributed by atoms with Gasteiger partial charge < -0.3 is 9.74 Å². The minimum absolute atomic E-state index is 0.0630. The molecule has 1 fully saturated rings. The van der Waals surface area contributed by atoms with Gasteiger partial charge in [-0.3, -0.25) is 4.79 Å². The summed E-state index contributed by atoms with van der Waals surface area (Å²) < 4.78 is 7.45. The first-order valence-electron chi connectivity index (χ1n) is 9.63. The number of benzene rings is 1. The van der Waals surface area contributed by atoms with E-state index in [1.54, 1.807) is 11.8 Å². The maximum Gasteiger partial charge on any atom is 0.228 e. The van der Waals surface area contributed by atoms with E-state index in [1.165, 1.54) is 5.56 Å². The minimum Gasteiger partial charge on any atom is -0.413 e. The van der Waals surface area contributed by atoms with E-state index in [1.807, 2.05) is 25.1 Å². The number of nitrogens with one attached hydrogen (secondary N) is 1. The Bertz CT molecular complexity index is 673. The van der Waals surface area contributed by atoms with Crippen molar-refractivity contribution in [2.45, 2.75) is 70.6 Å². The van der Waals surface area contributed by atoms with E-state index in [-0.39, 0.29) is 34.9 Å². The minimum atomic E-state index is -1.91. The van der Waals surface area contributed by atoms with Crippen molar-refractivity contribution in [2.24, 2.45) is 11.8 Å². The van der Waals surface area contributed by atoms with Crippen molar-refractivity contribution < 1.29 is 9.22 Å².